The Labute approximate surface area is 273 Å². The first-order valence-corrected chi connectivity index (χ1v) is 15.9. The maximum absolute atomic E-state index is 5.43. The van der Waals surface area contributed by atoms with Crippen LogP contribution < -0.4 is 14.4 Å². The normalized spacial score (nSPS) is 11.2. The molecule has 6 aromatic carbocycles. The number of hydrogen-bond donors (Lipinski definition) is 0. The molecule has 0 bridgehead atoms. The number of hydrogen-bond acceptors (Lipinski definition) is 5. The quantitative estimate of drug-likeness (QED) is 0.151. The van der Waals surface area contributed by atoms with Crippen LogP contribution >= 0.6 is 11.3 Å². The van der Waals surface area contributed by atoms with E-state index in [0.717, 1.165) is 66.9 Å². The van der Waals surface area contributed by atoms with E-state index in [1.165, 1.54) is 4.70 Å². The molecule has 4 nitrogen and oxygen atoms in total. The molecule has 0 aliphatic rings. The van der Waals surface area contributed by atoms with Crippen LogP contribution in [0, 0.1) is 0 Å². The first-order chi connectivity index (χ1) is 22.7. The Bertz CT molecular complexity index is 2020. The van der Waals surface area contributed by atoms with E-state index in [1.807, 2.05) is 36.4 Å². The summed E-state index contributed by atoms with van der Waals surface area (Å²) < 4.78 is 12.0. The Hall–Kier alpha value is -5.65. The van der Waals surface area contributed by atoms with Gasteiger partial charge in [-0.05, 0) is 101 Å². The Morgan fingerprint density at radius 1 is 0.565 bits per heavy atom. The van der Waals surface area contributed by atoms with Crippen LogP contribution in [0.4, 0.5) is 17.1 Å². The van der Waals surface area contributed by atoms with E-state index in [0.29, 0.717) is 0 Å². The Kier molecular flexibility index (Phi) is 8.31. The van der Waals surface area contributed by atoms with Gasteiger partial charge in [-0.15, -0.1) is 11.3 Å². The average molecular weight is 617 g/mol. The summed E-state index contributed by atoms with van der Waals surface area (Å²) in [5, 5.41) is 1.02. The molecule has 0 radical (unpaired) electrons. The molecule has 5 heteroatoms. The number of nitrogens with zero attached hydrogens (tertiary/aromatic N) is 2. The van der Waals surface area contributed by atoms with E-state index >= 15 is 0 Å². The molecule has 1 aromatic heterocycles. The highest BCUT2D eigenvalue weighted by Gasteiger charge is 2.15. The molecular weight excluding hydrogens is 585 g/mol. The lowest BCUT2D eigenvalue weighted by Gasteiger charge is -2.26. The van der Waals surface area contributed by atoms with Crippen LogP contribution in [0.5, 0.6) is 11.5 Å². The van der Waals surface area contributed by atoms with E-state index in [2.05, 4.69) is 126 Å². The van der Waals surface area contributed by atoms with Crippen LogP contribution in [0.2, 0.25) is 0 Å². The number of aromatic nitrogens is 1. The fraction of sp³-hybridized carbons (Fsp3) is 0.0488. The molecule has 0 fully saturated rings. The fourth-order valence-electron chi connectivity index (χ4n) is 5.53. The van der Waals surface area contributed by atoms with Crippen molar-refractivity contribution in [3.05, 3.63) is 157 Å². The Balaban J connectivity index is 1.30. The van der Waals surface area contributed by atoms with Gasteiger partial charge in [-0.2, -0.15) is 0 Å². The molecular formula is C41H32N2O2S. The number of benzene rings is 6. The van der Waals surface area contributed by atoms with E-state index < -0.39 is 0 Å². The highest BCUT2D eigenvalue weighted by Crippen LogP contribution is 2.39. The lowest BCUT2D eigenvalue weighted by molar-refractivity contribution is 0.415. The van der Waals surface area contributed by atoms with Crippen molar-refractivity contribution >= 4 is 50.8 Å². The van der Waals surface area contributed by atoms with Crippen molar-refractivity contribution in [2.45, 2.75) is 0 Å². The van der Waals surface area contributed by atoms with Gasteiger partial charge in [0, 0.05) is 22.6 Å². The van der Waals surface area contributed by atoms with E-state index in [9.17, 15) is 0 Å². The second-order valence-electron chi connectivity index (χ2n) is 10.8. The second-order valence-corrected chi connectivity index (χ2v) is 11.8. The molecule has 7 aromatic rings. The highest BCUT2D eigenvalue weighted by molar-refractivity contribution is 7.21. The topological polar surface area (TPSA) is 34.6 Å². The monoisotopic (exact) mass is 616 g/mol. The SMILES string of the molecule is COc1ccc(N(c2ccc(OC)cc2)c2ccc(-c3cc(-c4nc5ccccc5s4)ccc3/C=C/c3ccccc3)cc2)cc1. The number of fused-ring (bicyclic) bond motifs is 1. The van der Waals surface area contributed by atoms with E-state index in [-0.39, 0.29) is 0 Å². The smallest absolute Gasteiger partial charge is 0.124 e. The van der Waals surface area contributed by atoms with Gasteiger partial charge in [0.25, 0.3) is 0 Å². The van der Waals surface area contributed by atoms with Crippen LogP contribution in [0.3, 0.4) is 0 Å². The predicted molar refractivity (Wildman–Crippen MR) is 194 cm³/mol. The van der Waals surface area contributed by atoms with Crippen LogP contribution in [0.1, 0.15) is 11.1 Å². The summed E-state index contributed by atoms with van der Waals surface area (Å²) in [5.41, 5.74) is 9.82. The van der Waals surface area contributed by atoms with Gasteiger partial charge in [0.05, 0.1) is 24.4 Å². The first-order valence-electron chi connectivity index (χ1n) is 15.1. The Morgan fingerprint density at radius 2 is 1.13 bits per heavy atom. The molecule has 0 amide bonds. The summed E-state index contributed by atoms with van der Waals surface area (Å²) in [6.45, 7) is 0. The summed E-state index contributed by atoms with van der Waals surface area (Å²) in [6, 6.07) is 50.3. The first kappa shape index (κ1) is 29.1. The second kappa shape index (κ2) is 13.1. The lowest BCUT2D eigenvalue weighted by Crippen LogP contribution is -2.09. The largest absolute Gasteiger partial charge is 0.497 e. The molecule has 224 valence electrons. The van der Waals surface area contributed by atoms with E-state index in [4.69, 9.17) is 14.5 Å². The summed E-state index contributed by atoms with van der Waals surface area (Å²) in [6.07, 6.45) is 4.36. The van der Waals surface area contributed by atoms with Gasteiger partial charge < -0.3 is 14.4 Å². The molecule has 46 heavy (non-hydrogen) atoms. The van der Waals surface area contributed by atoms with Gasteiger partial charge >= 0.3 is 0 Å². The van der Waals surface area contributed by atoms with Crippen molar-refractivity contribution in [3.8, 4) is 33.2 Å². The van der Waals surface area contributed by atoms with Gasteiger partial charge in [-0.3, -0.25) is 0 Å². The van der Waals surface area contributed by atoms with Crippen molar-refractivity contribution in [2.75, 3.05) is 19.1 Å². The zero-order valence-electron chi connectivity index (χ0n) is 25.6. The number of anilines is 3. The highest BCUT2D eigenvalue weighted by atomic mass is 32.1. The average Bonchev–Trinajstić information content (AvgIpc) is 3.57. The van der Waals surface area contributed by atoms with Crippen molar-refractivity contribution in [3.63, 3.8) is 0 Å². The third kappa shape index (κ3) is 6.14. The summed E-state index contributed by atoms with van der Waals surface area (Å²) in [5.74, 6) is 1.63. The minimum Gasteiger partial charge on any atom is -0.497 e. The predicted octanol–water partition coefficient (Wildman–Crippen LogP) is 11.3. The number of thiazole rings is 1. The molecule has 0 unspecified atom stereocenters. The van der Waals surface area contributed by atoms with Crippen LogP contribution in [0.15, 0.2) is 146 Å². The zero-order chi connectivity index (χ0) is 31.3. The van der Waals surface area contributed by atoms with Crippen molar-refractivity contribution in [1.82, 2.24) is 4.98 Å². The number of ether oxygens (including phenoxy) is 2. The minimum absolute atomic E-state index is 0.817. The molecule has 0 saturated carbocycles. The molecule has 0 atom stereocenters. The number of methoxy groups -OCH3 is 2. The number of para-hydroxylation sites is 1. The van der Waals surface area contributed by atoms with Crippen molar-refractivity contribution in [2.24, 2.45) is 0 Å². The van der Waals surface area contributed by atoms with Gasteiger partial charge in [0.1, 0.15) is 16.5 Å². The third-order valence-electron chi connectivity index (χ3n) is 7.95. The summed E-state index contributed by atoms with van der Waals surface area (Å²) in [7, 11) is 3.37. The minimum atomic E-state index is 0.817. The fourth-order valence-corrected chi connectivity index (χ4v) is 6.49. The zero-order valence-corrected chi connectivity index (χ0v) is 26.4. The number of rotatable bonds is 9. The van der Waals surface area contributed by atoms with Gasteiger partial charge in [-0.1, -0.05) is 78.9 Å². The molecule has 7 rings (SSSR count). The standard InChI is InChI=1S/C41H32N2O2S/c1-44-36-24-20-34(21-25-36)43(35-22-26-37(45-2)27-23-35)33-18-16-31(17-19-33)38-28-32(41-42-39-10-6-7-11-40(39)46-41)15-14-30(38)13-12-29-8-4-3-5-9-29/h3-28H,1-2H3/b13-12+. The molecule has 1 heterocycles. The summed E-state index contributed by atoms with van der Waals surface area (Å²) in [4.78, 5) is 7.18. The van der Waals surface area contributed by atoms with Gasteiger partial charge in [-0.25, -0.2) is 4.98 Å². The van der Waals surface area contributed by atoms with Crippen LogP contribution in [-0.4, -0.2) is 19.2 Å². The molecule has 0 aliphatic carbocycles. The summed E-state index contributed by atoms with van der Waals surface area (Å²) >= 11 is 1.72. The molecule has 0 saturated heterocycles. The molecule has 0 N–H and O–H groups in total. The lowest BCUT2D eigenvalue weighted by atomic mass is 9.96. The van der Waals surface area contributed by atoms with Gasteiger partial charge in [0.15, 0.2) is 0 Å². The van der Waals surface area contributed by atoms with Crippen LogP contribution in [0.25, 0.3) is 44.1 Å². The Morgan fingerprint density at radius 3 is 1.74 bits per heavy atom. The maximum Gasteiger partial charge on any atom is 0.124 e. The van der Waals surface area contributed by atoms with Crippen molar-refractivity contribution < 1.29 is 9.47 Å². The molecule has 0 aliphatic heterocycles. The van der Waals surface area contributed by atoms with Crippen molar-refractivity contribution in [1.29, 1.82) is 0 Å². The van der Waals surface area contributed by atoms with Crippen LogP contribution in [-0.2, 0) is 0 Å². The maximum atomic E-state index is 5.43. The van der Waals surface area contributed by atoms with Gasteiger partial charge in [0.2, 0.25) is 0 Å². The third-order valence-corrected chi connectivity index (χ3v) is 9.03. The molecule has 0 spiro atoms. The van der Waals surface area contributed by atoms with E-state index in [1.54, 1.807) is 25.6 Å².